The quantitative estimate of drug-likeness (QED) is 0.431. The van der Waals surface area contributed by atoms with Crippen LogP contribution in [0.25, 0.3) is 0 Å². The summed E-state index contributed by atoms with van der Waals surface area (Å²) in [6.07, 6.45) is 0. The van der Waals surface area contributed by atoms with Gasteiger partial charge in [0, 0.05) is 16.7 Å². The molecule has 27 heavy (non-hydrogen) atoms. The fourth-order valence-corrected chi connectivity index (χ4v) is 4.61. The molecule has 7 heteroatoms. The Kier molecular flexibility index (Phi) is 4.91. The molecule has 0 bridgehead atoms. The number of para-hydroxylation sites is 2. The number of hydrogen-bond donors (Lipinski definition) is 1. The number of halogens is 2. The first-order valence-electron chi connectivity index (χ1n) is 8.19. The number of nitrogens with one attached hydrogen (secondary N) is 1. The second-order valence-electron chi connectivity index (χ2n) is 6.02. The maximum Gasteiger partial charge on any atom is 0.252 e. The first kappa shape index (κ1) is 18.0. The molecule has 1 aromatic heterocycles. The Morgan fingerprint density at radius 3 is 2.22 bits per heavy atom. The largest absolute Gasteiger partial charge is 0.457 e. The highest BCUT2D eigenvalue weighted by Crippen LogP contribution is 2.43. The van der Waals surface area contributed by atoms with Crippen LogP contribution < -0.4 is 10.2 Å². The number of benzene rings is 2. The average molecular weight is 417 g/mol. The van der Waals surface area contributed by atoms with Gasteiger partial charge in [-0.1, -0.05) is 59.6 Å². The van der Waals surface area contributed by atoms with E-state index < -0.39 is 5.92 Å². The molecule has 136 valence electrons. The Balaban J connectivity index is 1.66. The third-order valence-electron chi connectivity index (χ3n) is 4.32. The van der Waals surface area contributed by atoms with Crippen molar-refractivity contribution in [3.8, 4) is 11.5 Å². The SMILES string of the molecule is CC(=NNC(=O)C1c2ccccc2Oc2ccccc21)c1cc(Cl)sc1Cl. The Hall–Kier alpha value is -2.34. The van der Waals surface area contributed by atoms with Crippen molar-refractivity contribution in [3.05, 3.63) is 80.0 Å². The minimum absolute atomic E-state index is 0.241. The number of carbonyl (C=O) groups excluding carboxylic acids is 1. The number of rotatable bonds is 3. The van der Waals surface area contributed by atoms with Crippen molar-refractivity contribution in [2.75, 3.05) is 0 Å². The van der Waals surface area contributed by atoms with Gasteiger partial charge in [0.15, 0.2) is 0 Å². The molecule has 1 aliphatic heterocycles. The molecule has 0 saturated heterocycles. The summed E-state index contributed by atoms with van der Waals surface area (Å²) >= 11 is 13.4. The lowest BCUT2D eigenvalue weighted by molar-refractivity contribution is -0.121. The summed E-state index contributed by atoms with van der Waals surface area (Å²) < 4.78 is 7.04. The summed E-state index contributed by atoms with van der Waals surface area (Å²) in [7, 11) is 0. The van der Waals surface area contributed by atoms with E-state index in [0.717, 1.165) is 11.1 Å². The van der Waals surface area contributed by atoms with Crippen molar-refractivity contribution in [3.63, 3.8) is 0 Å². The molecule has 2 aromatic carbocycles. The van der Waals surface area contributed by atoms with E-state index in [1.165, 1.54) is 11.3 Å². The molecule has 0 unspecified atom stereocenters. The number of amides is 1. The van der Waals surface area contributed by atoms with Crippen molar-refractivity contribution < 1.29 is 9.53 Å². The van der Waals surface area contributed by atoms with Gasteiger partial charge >= 0.3 is 0 Å². The van der Waals surface area contributed by atoms with E-state index in [1.54, 1.807) is 13.0 Å². The summed E-state index contributed by atoms with van der Waals surface area (Å²) in [6, 6.07) is 16.8. The highest BCUT2D eigenvalue weighted by molar-refractivity contribution is 7.20. The summed E-state index contributed by atoms with van der Waals surface area (Å²) in [5.74, 6) is 0.591. The summed E-state index contributed by atoms with van der Waals surface area (Å²) in [6.45, 7) is 1.77. The lowest BCUT2D eigenvalue weighted by atomic mass is 9.87. The molecule has 1 N–H and O–H groups in total. The maximum atomic E-state index is 13.0. The van der Waals surface area contributed by atoms with Gasteiger partial charge in [-0.2, -0.15) is 5.10 Å². The van der Waals surface area contributed by atoms with Gasteiger partial charge in [0.25, 0.3) is 5.91 Å². The molecule has 1 amide bonds. The van der Waals surface area contributed by atoms with Crippen molar-refractivity contribution in [2.24, 2.45) is 5.10 Å². The van der Waals surface area contributed by atoms with Crippen LogP contribution in [0, 0.1) is 0 Å². The second-order valence-corrected chi connectivity index (χ2v) is 8.31. The lowest BCUT2D eigenvalue weighted by Crippen LogP contribution is -2.29. The van der Waals surface area contributed by atoms with Crippen LogP contribution in [0.2, 0.25) is 8.67 Å². The van der Waals surface area contributed by atoms with Gasteiger partial charge < -0.3 is 4.74 Å². The molecule has 4 rings (SSSR count). The fraction of sp³-hybridized carbons (Fsp3) is 0.100. The molecule has 0 radical (unpaired) electrons. The van der Waals surface area contributed by atoms with Gasteiger partial charge in [0.1, 0.15) is 15.8 Å². The van der Waals surface area contributed by atoms with E-state index in [2.05, 4.69) is 10.5 Å². The number of thiophene rings is 1. The molecule has 2 heterocycles. The second kappa shape index (κ2) is 7.35. The zero-order chi connectivity index (χ0) is 19.0. The molecule has 0 atom stereocenters. The standard InChI is InChI=1S/C20H14Cl2N2O2S/c1-11(14-10-17(21)27-19(14)22)23-24-20(25)18-12-6-2-4-8-15(12)26-16-9-5-3-7-13(16)18/h2-10,18H,1H3,(H,24,25). The number of hydrazone groups is 1. The van der Waals surface area contributed by atoms with E-state index >= 15 is 0 Å². The van der Waals surface area contributed by atoms with Crippen LogP contribution in [0.1, 0.15) is 29.5 Å². The van der Waals surface area contributed by atoms with Crippen molar-refractivity contribution in [2.45, 2.75) is 12.8 Å². The Morgan fingerprint density at radius 2 is 1.67 bits per heavy atom. The van der Waals surface area contributed by atoms with Crippen LogP contribution in [0.3, 0.4) is 0 Å². The molecule has 3 aromatic rings. The topological polar surface area (TPSA) is 50.7 Å². The molecule has 0 spiro atoms. The van der Waals surface area contributed by atoms with Crippen LogP contribution >= 0.6 is 34.5 Å². The summed E-state index contributed by atoms with van der Waals surface area (Å²) in [5, 5.41) is 4.23. The zero-order valence-corrected chi connectivity index (χ0v) is 16.5. The van der Waals surface area contributed by atoms with Gasteiger partial charge in [-0.05, 0) is 25.1 Å². The van der Waals surface area contributed by atoms with Crippen LogP contribution in [0.15, 0.2) is 59.7 Å². The molecule has 0 aliphatic carbocycles. The van der Waals surface area contributed by atoms with Crippen molar-refractivity contribution in [1.29, 1.82) is 0 Å². The Morgan fingerprint density at radius 1 is 1.07 bits per heavy atom. The normalized spacial score (nSPS) is 13.5. The number of carbonyl (C=O) groups is 1. The van der Waals surface area contributed by atoms with Crippen LogP contribution in [0.5, 0.6) is 11.5 Å². The molecular weight excluding hydrogens is 403 g/mol. The number of fused-ring (bicyclic) bond motifs is 2. The predicted octanol–water partition coefficient (Wildman–Crippen LogP) is 5.83. The lowest BCUT2D eigenvalue weighted by Gasteiger charge is -2.26. The van der Waals surface area contributed by atoms with E-state index in [4.69, 9.17) is 27.9 Å². The number of hydrogen-bond acceptors (Lipinski definition) is 4. The van der Waals surface area contributed by atoms with Crippen molar-refractivity contribution in [1.82, 2.24) is 5.43 Å². The molecule has 0 saturated carbocycles. The molecule has 4 nitrogen and oxygen atoms in total. The van der Waals surface area contributed by atoms with Crippen LogP contribution in [-0.2, 0) is 4.79 Å². The van der Waals surface area contributed by atoms with Gasteiger partial charge in [-0.3, -0.25) is 4.79 Å². The average Bonchev–Trinajstić information content (AvgIpc) is 3.02. The van der Waals surface area contributed by atoms with Crippen molar-refractivity contribution >= 4 is 46.2 Å². The Bertz CT molecular complexity index is 1020. The predicted molar refractivity (Wildman–Crippen MR) is 109 cm³/mol. The van der Waals surface area contributed by atoms with E-state index in [-0.39, 0.29) is 5.91 Å². The highest BCUT2D eigenvalue weighted by Gasteiger charge is 2.32. The van der Waals surface area contributed by atoms with Gasteiger partial charge in [-0.15, -0.1) is 11.3 Å². The monoisotopic (exact) mass is 416 g/mol. The first-order chi connectivity index (χ1) is 13.0. The third-order valence-corrected chi connectivity index (χ3v) is 5.81. The fourth-order valence-electron chi connectivity index (χ4n) is 3.04. The minimum atomic E-state index is -0.510. The molecule has 1 aliphatic rings. The molecule has 0 fully saturated rings. The third kappa shape index (κ3) is 3.46. The van der Waals surface area contributed by atoms with Gasteiger partial charge in [-0.25, -0.2) is 5.43 Å². The number of ether oxygens (including phenoxy) is 1. The summed E-state index contributed by atoms with van der Waals surface area (Å²) in [4.78, 5) is 13.0. The van der Waals surface area contributed by atoms with Gasteiger partial charge in [0.05, 0.1) is 16.0 Å². The van der Waals surface area contributed by atoms with E-state index in [9.17, 15) is 4.79 Å². The highest BCUT2D eigenvalue weighted by atomic mass is 35.5. The maximum absolute atomic E-state index is 13.0. The Labute approximate surface area is 170 Å². The number of nitrogens with zero attached hydrogens (tertiary/aromatic N) is 1. The smallest absolute Gasteiger partial charge is 0.252 e. The first-order valence-corrected chi connectivity index (χ1v) is 9.77. The van der Waals surface area contributed by atoms with Crippen LogP contribution in [0.4, 0.5) is 0 Å². The summed E-state index contributed by atoms with van der Waals surface area (Å²) in [5.41, 5.74) is 5.57. The molecular formula is C20H14Cl2N2O2S. The zero-order valence-electron chi connectivity index (χ0n) is 14.2. The minimum Gasteiger partial charge on any atom is -0.457 e. The van der Waals surface area contributed by atoms with E-state index in [1.807, 2.05) is 48.5 Å². The van der Waals surface area contributed by atoms with Gasteiger partial charge in [0.2, 0.25) is 0 Å². The van der Waals surface area contributed by atoms with E-state index in [0.29, 0.717) is 31.4 Å². The van der Waals surface area contributed by atoms with Crippen LogP contribution in [-0.4, -0.2) is 11.6 Å².